The first kappa shape index (κ1) is 14.8. The molecule has 1 saturated carbocycles. The van der Waals surface area contributed by atoms with Gasteiger partial charge in [-0.15, -0.1) is 4.91 Å². The van der Waals surface area contributed by atoms with E-state index in [1.54, 1.807) is 0 Å². The molecular weight excluding hydrogens is 269 g/mol. The summed E-state index contributed by atoms with van der Waals surface area (Å²) in [6.45, 7) is 2.18. The Morgan fingerprint density at radius 3 is 2.40 bits per heavy atom. The molecule has 0 radical (unpaired) electrons. The highest BCUT2D eigenvalue weighted by Gasteiger charge is 2.34. The van der Waals surface area contributed by atoms with Crippen molar-refractivity contribution < 1.29 is 13.2 Å². The molecule has 1 N–H and O–H groups in total. The van der Waals surface area contributed by atoms with E-state index in [9.17, 15) is 18.1 Å². The van der Waals surface area contributed by atoms with Gasteiger partial charge in [0.2, 0.25) is 0 Å². The predicted octanol–water partition coefficient (Wildman–Crippen LogP) is 5.09. The van der Waals surface area contributed by atoms with Crippen LogP contribution < -0.4 is 5.32 Å². The molecule has 1 aromatic rings. The van der Waals surface area contributed by atoms with Gasteiger partial charge in [-0.1, -0.05) is 6.92 Å². The smallest absolute Gasteiger partial charge is 0.382 e. The van der Waals surface area contributed by atoms with Gasteiger partial charge in [0.05, 0.1) is 5.56 Å². The third-order valence-electron chi connectivity index (χ3n) is 3.79. The van der Waals surface area contributed by atoms with Crippen molar-refractivity contribution in [1.82, 2.24) is 0 Å². The molecule has 0 atom stereocenters. The molecule has 0 aromatic heterocycles. The van der Waals surface area contributed by atoms with Gasteiger partial charge in [-0.3, -0.25) is 0 Å². The molecule has 0 amide bonds. The number of nitroso groups, excluding NO2 is 1. The van der Waals surface area contributed by atoms with E-state index < -0.39 is 17.4 Å². The second kappa shape index (κ2) is 5.81. The molecule has 110 valence electrons. The zero-order valence-electron chi connectivity index (χ0n) is 11.2. The molecule has 0 bridgehead atoms. The third-order valence-corrected chi connectivity index (χ3v) is 3.79. The minimum absolute atomic E-state index is 0.197. The van der Waals surface area contributed by atoms with E-state index in [-0.39, 0.29) is 6.04 Å². The normalized spacial score (nSPS) is 23.4. The summed E-state index contributed by atoms with van der Waals surface area (Å²) in [7, 11) is 0. The van der Waals surface area contributed by atoms with E-state index in [4.69, 9.17) is 0 Å². The lowest BCUT2D eigenvalue weighted by Crippen LogP contribution is -2.25. The number of alkyl halides is 3. The Balaban J connectivity index is 2.15. The highest BCUT2D eigenvalue weighted by molar-refractivity contribution is 5.58. The monoisotopic (exact) mass is 286 g/mol. The summed E-state index contributed by atoms with van der Waals surface area (Å²) in [6.07, 6.45) is -0.496. The Labute approximate surface area is 115 Å². The Kier molecular flexibility index (Phi) is 4.30. The van der Waals surface area contributed by atoms with Gasteiger partial charge in [-0.25, -0.2) is 0 Å². The molecule has 0 unspecified atom stereocenters. The average Bonchev–Trinajstić information content (AvgIpc) is 2.40. The topological polar surface area (TPSA) is 41.5 Å². The molecule has 1 aliphatic carbocycles. The molecule has 0 aliphatic heterocycles. The van der Waals surface area contributed by atoms with Crippen molar-refractivity contribution in [3.05, 3.63) is 28.7 Å². The average molecular weight is 286 g/mol. The van der Waals surface area contributed by atoms with Gasteiger partial charge in [-0.05, 0) is 55.0 Å². The van der Waals surface area contributed by atoms with Gasteiger partial charge < -0.3 is 5.32 Å². The summed E-state index contributed by atoms with van der Waals surface area (Å²) in [5.41, 5.74) is -1.16. The standard InChI is InChI=1S/C14H17F3N2O/c1-9-2-4-10(5-3-9)18-11-6-7-13(19-20)12(8-11)14(15,16)17/h6-10,18H,2-5H2,1H3. The van der Waals surface area contributed by atoms with Crippen LogP contribution in [0.25, 0.3) is 0 Å². The van der Waals surface area contributed by atoms with Crippen molar-refractivity contribution >= 4 is 11.4 Å². The highest BCUT2D eigenvalue weighted by Crippen LogP contribution is 2.38. The van der Waals surface area contributed by atoms with Gasteiger partial charge in [0.15, 0.2) is 0 Å². The van der Waals surface area contributed by atoms with E-state index >= 15 is 0 Å². The summed E-state index contributed by atoms with van der Waals surface area (Å²) >= 11 is 0. The largest absolute Gasteiger partial charge is 0.418 e. The molecule has 1 aromatic carbocycles. The fourth-order valence-electron chi connectivity index (χ4n) is 2.57. The molecule has 20 heavy (non-hydrogen) atoms. The lowest BCUT2D eigenvalue weighted by Gasteiger charge is -2.28. The Bertz CT molecular complexity index is 480. The van der Waals surface area contributed by atoms with Crippen LogP contribution in [-0.4, -0.2) is 6.04 Å². The number of halogens is 3. The Morgan fingerprint density at radius 1 is 1.20 bits per heavy atom. The Hall–Kier alpha value is -1.59. The predicted molar refractivity (Wildman–Crippen MR) is 71.9 cm³/mol. The second-order valence-electron chi connectivity index (χ2n) is 5.42. The number of hydrogen-bond donors (Lipinski definition) is 1. The van der Waals surface area contributed by atoms with Crippen molar-refractivity contribution in [3.8, 4) is 0 Å². The zero-order valence-corrected chi connectivity index (χ0v) is 11.2. The number of anilines is 1. The minimum atomic E-state index is -4.57. The van der Waals surface area contributed by atoms with Crippen LogP contribution in [0.1, 0.15) is 38.2 Å². The van der Waals surface area contributed by atoms with Gasteiger partial charge in [0.1, 0.15) is 5.69 Å². The van der Waals surface area contributed by atoms with E-state index in [1.807, 2.05) is 0 Å². The summed E-state index contributed by atoms with van der Waals surface area (Å²) in [6, 6.07) is 3.75. The molecule has 0 spiro atoms. The lowest BCUT2D eigenvalue weighted by atomic mass is 9.87. The van der Waals surface area contributed by atoms with Crippen LogP contribution in [0.2, 0.25) is 0 Å². The second-order valence-corrected chi connectivity index (χ2v) is 5.42. The van der Waals surface area contributed by atoms with Crippen LogP contribution in [0.5, 0.6) is 0 Å². The van der Waals surface area contributed by atoms with Crippen LogP contribution in [0, 0.1) is 10.8 Å². The van der Waals surface area contributed by atoms with Gasteiger partial charge in [-0.2, -0.15) is 13.2 Å². The maximum absolute atomic E-state index is 12.8. The van der Waals surface area contributed by atoms with Crippen LogP contribution >= 0.6 is 0 Å². The van der Waals surface area contributed by atoms with Crippen molar-refractivity contribution in [2.45, 2.75) is 44.8 Å². The first-order valence-corrected chi connectivity index (χ1v) is 6.71. The van der Waals surface area contributed by atoms with Crippen molar-refractivity contribution in [3.63, 3.8) is 0 Å². The highest BCUT2D eigenvalue weighted by atomic mass is 19.4. The fourth-order valence-corrected chi connectivity index (χ4v) is 2.57. The molecule has 3 nitrogen and oxygen atoms in total. The van der Waals surface area contributed by atoms with Crippen LogP contribution in [0.15, 0.2) is 23.4 Å². The SMILES string of the molecule is CC1CCC(Nc2ccc(N=O)c(C(F)(F)F)c2)CC1. The van der Waals surface area contributed by atoms with E-state index in [0.717, 1.165) is 37.8 Å². The van der Waals surface area contributed by atoms with Crippen LogP contribution in [-0.2, 0) is 6.18 Å². The molecule has 0 heterocycles. The summed E-state index contributed by atoms with van der Waals surface area (Å²) in [4.78, 5) is 10.4. The summed E-state index contributed by atoms with van der Waals surface area (Å²) in [5, 5.41) is 5.56. The van der Waals surface area contributed by atoms with E-state index in [0.29, 0.717) is 11.6 Å². The van der Waals surface area contributed by atoms with Gasteiger partial charge in [0.25, 0.3) is 0 Å². The maximum atomic E-state index is 12.8. The summed E-state index contributed by atoms with van der Waals surface area (Å²) < 4.78 is 38.5. The molecule has 1 aliphatic rings. The molecular formula is C14H17F3N2O. The van der Waals surface area contributed by atoms with Gasteiger partial charge >= 0.3 is 6.18 Å². The van der Waals surface area contributed by atoms with Crippen molar-refractivity contribution in [1.29, 1.82) is 0 Å². The Morgan fingerprint density at radius 2 is 1.85 bits per heavy atom. The van der Waals surface area contributed by atoms with Gasteiger partial charge in [0, 0.05) is 11.7 Å². The minimum Gasteiger partial charge on any atom is -0.382 e. The van der Waals surface area contributed by atoms with Crippen LogP contribution in [0.4, 0.5) is 24.5 Å². The zero-order chi connectivity index (χ0) is 14.8. The van der Waals surface area contributed by atoms with E-state index in [1.165, 1.54) is 6.07 Å². The first-order valence-electron chi connectivity index (χ1n) is 6.71. The lowest BCUT2D eigenvalue weighted by molar-refractivity contribution is -0.137. The molecule has 6 heteroatoms. The van der Waals surface area contributed by atoms with E-state index in [2.05, 4.69) is 17.4 Å². The molecule has 1 fully saturated rings. The quantitative estimate of drug-likeness (QED) is 0.786. The fraction of sp³-hybridized carbons (Fsp3) is 0.571. The summed E-state index contributed by atoms with van der Waals surface area (Å²) in [5.74, 6) is 0.681. The third kappa shape index (κ3) is 3.49. The van der Waals surface area contributed by atoms with Crippen LogP contribution in [0.3, 0.4) is 0 Å². The first-order chi connectivity index (χ1) is 9.40. The van der Waals surface area contributed by atoms with Crippen molar-refractivity contribution in [2.24, 2.45) is 11.1 Å². The number of nitrogens with one attached hydrogen (secondary N) is 1. The number of benzene rings is 1. The molecule has 2 rings (SSSR count). The maximum Gasteiger partial charge on any atom is 0.418 e. The number of hydrogen-bond acceptors (Lipinski definition) is 3. The van der Waals surface area contributed by atoms with Crippen molar-refractivity contribution in [2.75, 3.05) is 5.32 Å². The number of rotatable bonds is 3. The molecule has 0 saturated heterocycles. The number of nitrogens with zero attached hydrogens (tertiary/aromatic N) is 1.